The van der Waals surface area contributed by atoms with E-state index in [1.54, 1.807) is 0 Å². The van der Waals surface area contributed by atoms with Crippen LogP contribution in [0.15, 0.2) is 24.3 Å². The second-order valence-electron chi connectivity index (χ2n) is 5.57. The van der Waals surface area contributed by atoms with Crippen molar-refractivity contribution in [1.82, 2.24) is 5.32 Å². The van der Waals surface area contributed by atoms with Gasteiger partial charge in [0.05, 0.1) is 12.0 Å². The molecule has 2 rings (SSSR count). The molecule has 1 aromatic rings. The molecular formula is C16H20ClNO3. The van der Waals surface area contributed by atoms with E-state index in [1.165, 1.54) is 0 Å². The Kier molecular flexibility index (Phi) is 5.23. The summed E-state index contributed by atoms with van der Waals surface area (Å²) < 4.78 is 0. The van der Waals surface area contributed by atoms with Gasteiger partial charge in [0.15, 0.2) is 0 Å². The molecule has 1 aromatic carbocycles. The zero-order valence-corrected chi connectivity index (χ0v) is 12.8. The van der Waals surface area contributed by atoms with Gasteiger partial charge >= 0.3 is 5.97 Å². The molecule has 1 aliphatic rings. The first-order valence-electron chi connectivity index (χ1n) is 7.30. The molecule has 0 heterocycles. The van der Waals surface area contributed by atoms with Crippen molar-refractivity contribution in [3.8, 4) is 0 Å². The maximum atomic E-state index is 12.3. The number of carbonyl (C=O) groups is 2. The molecular weight excluding hydrogens is 290 g/mol. The van der Waals surface area contributed by atoms with E-state index in [1.807, 2.05) is 31.2 Å². The van der Waals surface area contributed by atoms with Gasteiger partial charge in [-0.25, -0.2) is 0 Å². The van der Waals surface area contributed by atoms with Crippen LogP contribution in [0.5, 0.6) is 0 Å². The topological polar surface area (TPSA) is 66.4 Å². The summed E-state index contributed by atoms with van der Waals surface area (Å²) in [6, 6.07) is 7.37. The Labute approximate surface area is 129 Å². The lowest BCUT2D eigenvalue weighted by Crippen LogP contribution is -2.33. The number of benzene rings is 1. The summed E-state index contributed by atoms with van der Waals surface area (Å²) in [5.74, 6) is -1.40. The van der Waals surface area contributed by atoms with Crippen molar-refractivity contribution >= 4 is 23.5 Å². The lowest BCUT2D eigenvalue weighted by molar-refractivity contribution is -0.141. The molecule has 0 saturated heterocycles. The minimum Gasteiger partial charge on any atom is -0.481 e. The van der Waals surface area contributed by atoms with Gasteiger partial charge in [0, 0.05) is 10.9 Å². The third kappa shape index (κ3) is 3.97. The molecule has 2 N–H and O–H groups in total. The van der Waals surface area contributed by atoms with Crippen LogP contribution >= 0.6 is 11.6 Å². The van der Waals surface area contributed by atoms with Gasteiger partial charge in [-0.05, 0) is 43.4 Å². The Morgan fingerprint density at radius 1 is 1.29 bits per heavy atom. The van der Waals surface area contributed by atoms with Gasteiger partial charge in [-0.1, -0.05) is 30.7 Å². The number of amides is 1. The SMILES string of the molecule is CCC(NC(=O)[C@@H]1CC[C@H](C(=O)O)C1)c1ccc(Cl)cc1. The molecule has 0 radical (unpaired) electrons. The lowest BCUT2D eigenvalue weighted by Gasteiger charge is -2.20. The Hall–Kier alpha value is -1.55. The number of carboxylic acids is 1. The zero-order valence-electron chi connectivity index (χ0n) is 12.0. The van der Waals surface area contributed by atoms with Crippen molar-refractivity contribution in [1.29, 1.82) is 0 Å². The third-order valence-electron chi connectivity index (χ3n) is 4.15. The standard InChI is InChI=1S/C16H20ClNO3/c1-2-14(10-5-7-13(17)8-6-10)18-15(19)11-3-4-12(9-11)16(20)21/h5-8,11-12,14H,2-4,9H2,1H3,(H,18,19)(H,20,21)/t11-,12+,14?/m1/s1. The number of aliphatic carboxylic acids is 1. The molecule has 1 unspecified atom stereocenters. The van der Waals surface area contributed by atoms with Crippen molar-refractivity contribution in [2.24, 2.45) is 11.8 Å². The average molecular weight is 310 g/mol. The number of carbonyl (C=O) groups excluding carboxylic acids is 1. The second kappa shape index (κ2) is 6.94. The van der Waals surface area contributed by atoms with E-state index in [9.17, 15) is 9.59 Å². The van der Waals surface area contributed by atoms with Gasteiger partial charge in [0.1, 0.15) is 0 Å². The molecule has 0 aromatic heterocycles. The molecule has 5 heteroatoms. The van der Waals surface area contributed by atoms with Gasteiger partial charge in [0.2, 0.25) is 5.91 Å². The first-order valence-corrected chi connectivity index (χ1v) is 7.67. The number of halogens is 1. The molecule has 21 heavy (non-hydrogen) atoms. The van der Waals surface area contributed by atoms with Crippen LogP contribution in [-0.2, 0) is 9.59 Å². The average Bonchev–Trinajstić information content (AvgIpc) is 2.96. The zero-order chi connectivity index (χ0) is 15.4. The summed E-state index contributed by atoms with van der Waals surface area (Å²) >= 11 is 5.87. The molecule has 1 fully saturated rings. The highest BCUT2D eigenvalue weighted by molar-refractivity contribution is 6.30. The summed E-state index contributed by atoms with van der Waals surface area (Å²) in [6.45, 7) is 2.01. The van der Waals surface area contributed by atoms with E-state index < -0.39 is 5.97 Å². The minimum atomic E-state index is -0.796. The van der Waals surface area contributed by atoms with E-state index >= 15 is 0 Å². The summed E-state index contributed by atoms with van der Waals surface area (Å²) in [5.41, 5.74) is 1.02. The number of carboxylic acid groups (broad SMARTS) is 1. The molecule has 0 spiro atoms. The predicted octanol–water partition coefficient (Wildman–Crippen LogP) is 3.41. The number of rotatable bonds is 5. The summed E-state index contributed by atoms with van der Waals surface area (Å²) in [5, 5.41) is 12.7. The van der Waals surface area contributed by atoms with Crippen LogP contribution in [0.4, 0.5) is 0 Å². The molecule has 114 valence electrons. The monoisotopic (exact) mass is 309 g/mol. The van der Waals surface area contributed by atoms with E-state index in [0.717, 1.165) is 12.0 Å². The number of nitrogens with one attached hydrogen (secondary N) is 1. The fourth-order valence-electron chi connectivity index (χ4n) is 2.85. The summed E-state index contributed by atoms with van der Waals surface area (Å²) in [7, 11) is 0. The molecule has 0 bridgehead atoms. The van der Waals surface area contributed by atoms with Gasteiger partial charge in [-0.3, -0.25) is 9.59 Å². The first kappa shape index (κ1) is 15.8. The van der Waals surface area contributed by atoms with Gasteiger partial charge < -0.3 is 10.4 Å². The van der Waals surface area contributed by atoms with E-state index in [0.29, 0.717) is 24.3 Å². The minimum absolute atomic E-state index is 0.0412. The quantitative estimate of drug-likeness (QED) is 0.876. The smallest absolute Gasteiger partial charge is 0.306 e. The Balaban J connectivity index is 1.97. The molecule has 1 saturated carbocycles. The van der Waals surface area contributed by atoms with Gasteiger partial charge in [-0.2, -0.15) is 0 Å². The van der Waals surface area contributed by atoms with Crippen molar-refractivity contribution in [2.75, 3.05) is 0 Å². The maximum absolute atomic E-state index is 12.3. The first-order chi connectivity index (χ1) is 10.0. The lowest BCUT2D eigenvalue weighted by atomic mass is 10.0. The van der Waals surface area contributed by atoms with Crippen molar-refractivity contribution in [2.45, 2.75) is 38.6 Å². The van der Waals surface area contributed by atoms with Crippen LogP contribution in [0.2, 0.25) is 5.02 Å². The highest BCUT2D eigenvalue weighted by atomic mass is 35.5. The highest BCUT2D eigenvalue weighted by Gasteiger charge is 2.34. The van der Waals surface area contributed by atoms with E-state index in [4.69, 9.17) is 16.7 Å². The van der Waals surface area contributed by atoms with Gasteiger partial charge in [-0.15, -0.1) is 0 Å². The number of hydrogen-bond acceptors (Lipinski definition) is 2. The Morgan fingerprint density at radius 3 is 2.43 bits per heavy atom. The molecule has 1 amide bonds. The highest BCUT2D eigenvalue weighted by Crippen LogP contribution is 2.32. The Morgan fingerprint density at radius 2 is 1.90 bits per heavy atom. The number of hydrogen-bond donors (Lipinski definition) is 2. The summed E-state index contributed by atoms with van der Waals surface area (Å²) in [4.78, 5) is 23.3. The van der Waals surface area contributed by atoms with Crippen LogP contribution in [0.1, 0.15) is 44.2 Å². The van der Waals surface area contributed by atoms with Crippen LogP contribution in [0.3, 0.4) is 0 Å². The third-order valence-corrected chi connectivity index (χ3v) is 4.40. The fraction of sp³-hybridized carbons (Fsp3) is 0.500. The van der Waals surface area contributed by atoms with Crippen molar-refractivity contribution in [3.05, 3.63) is 34.9 Å². The van der Waals surface area contributed by atoms with Gasteiger partial charge in [0.25, 0.3) is 0 Å². The van der Waals surface area contributed by atoms with Crippen LogP contribution in [0.25, 0.3) is 0 Å². The van der Waals surface area contributed by atoms with Crippen LogP contribution in [-0.4, -0.2) is 17.0 Å². The van der Waals surface area contributed by atoms with Crippen LogP contribution < -0.4 is 5.32 Å². The normalized spacial score (nSPS) is 22.8. The second-order valence-corrected chi connectivity index (χ2v) is 6.00. The van der Waals surface area contributed by atoms with Crippen LogP contribution in [0, 0.1) is 11.8 Å². The molecule has 1 aliphatic carbocycles. The molecule has 4 nitrogen and oxygen atoms in total. The van der Waals surface area contributed by atoms with Crippen molar-refractivity contribution < 1.29 is 14.7 Å². The molecule has 3 atom stereocenters. The summed E-state index contributed by atoms with van der Waals surface area (Å²) in [6.07, 6.45) is 2.46. The maximum Gasteiger partial charge on any atom is 0.306 e. The van der Waals surface area contributed by atoms with E-state index in [-0.39, 0.29) is 23.8 Å². The largest absolute Gasteiger partial charge is 0.481 e. The fourth-order valence-corrected chi connectivity index (χ4v) is 2.98. The predicted molar refractivity (Wildman–Crippen MR) is 81.1 cm³/mol. The van der Waals surface area contributed by atoms with E-state index in [2.05, 4.69) is 5.32 Å². The van der Waals surface area contributed by atoms with Crippen molar-refractivity contribution in [3.63, 3.8) is 0 Å². The Bertz CT molecular complexity index is 515. The molecule has 0 aliphatic heterocycles.